The largest absolute Gasteiger partial charge is 0.224 e. The van der Waals surface area contributed by atoms with Crippen LogP contribution in [0.15, 0.2) is 94.7 Å². The molecular weight excluding hydrogens is 392 g/mol. The fraction of sp³-hybridized carbons (Fsp3) is 0.0909. The molecule has 28 heavy (non-hydrogen) atoms. The zero-order valence-corrected chi connectivity index (χ0v) is 16.6. The molecule has 6 heteroatoms. The first kappa shape index (κ1) is 18.7. The smallest absolute Gasteiger partial charge is 0.179 e. The molecule has 0 atom stereocenters. The van der Waals surface area contributed by atoms with E-state index in [1.807, 2.05) is 48.5 Å². The summed E-state index contributed by atoms with van der Waals surface area (Å²) in [5.74, 6) is -0.916. The molecule has 0 bridgehead atoms. The van der Waals surface area contributed by atoms with Crippen molar-refractivity contribution >= 4 is 41.2 Å². The van der Waals surface area contributed by atoms with Gasteiger partial charge < -0.3 is 0 Å². The van der Waals surface area contributed by atoms with E-state index in [1.165, 1.54) is 12.1 Å². The fourth-order valence-electron chi connectivity index (χ4n) is 3.18. The number of sulfone groups is 2. The minimum Gasteiger partial charge on any atom is -0.224 e. The van der Waals surface area contributed by atoms with E-state index in [1.54, 1.807) is 24.3 Å². The van der Waals surface area contributed by atoms with Crippen LogP contribution >= 0.6 is 0 Å². The molecule has 0 aliphatic rings. The van der Waals surface area contributed by atoms with Gasteiger partial charge in [0, 0.05) is 0 Å². The Hall–Kier alpha value is -2.70. The molecule has 0 heterocycles. The van der Waals surface area contributed by atoms with Gasteiger partial charge in [-0.1, -0.05) is 60.7 Å². The Morgan fingerprint density at radius 1 is 0.464 bits per heavy atom. The predicted molar refractivity (Wildman–Crippen MR) is 112 cm³/mol. The van der Waals surface area contributed by atoms with E-state index in [4.69, 9.17) is 0 Å². The molecule has 4 aromatic rings. The summed E-state index contributed by atoms with van der Waals surface area (Å²) in [6.07, 6.45) is 0. The molecule has 142 valence electrons. The van der Waals surface area contributed by atoms with Crippen molar-refractivity contribution in [1.82, 2.24) is 0 Å². The van der Waals surface area contributed by atoms with Crippen LogP contribution in [0.2, 0.25) is 0 Å². The summed E-state index contributed by atoms with van der Waals surface area (Å²) in [6, 6.07) is 24.6. The van der Waals surface area contributed by atoms with Gasteiger partial charge in [0.25, 0.3) is 0 Å². The van der Waals surface area contributed by atoms with Gasteiger partial charge in [0.05, 0.1) is 21.3 Å². The lowest BCUT2D eigenvalue weighted by molar-refractivity contribution is 0.587. The Kier molecular flexibility index (Phi) is 4.69. The van der Waals surface area contributed by atoms with E-state index in [0.717, 1.165) is 21.5 Å². The van der Waals surface area contributed by atoms with Crippen LogP contribution in [0.5, 0.6) is 0 Å². The highest BCUT2D eigenvalue weighted by Gasteiger charge is 2.22. The van der Waals surface area contributed by atoms with Gasteiger partial charge in [-0.05, 0) is 45.8 Å². The normalized spacial score (nSPS) is 12.4. The first-order valence-electron chi connectivity index (χ1n) is 8.78. The molecular formula is C22H18O4S2. The first-order valence-corrected chi connectivity index (χ1v) is 12.1. The van der Waals surface area contributed by atoms with Gasteiger partial charge in [-0.25, -0.2) is 16.8 Å². The van der Waals surface area contributed by atoms with Gasteiger partial charge >= 0.3 is 0 Å². The van der Waals surface area contributed by atoms with Crippen molar-refractivity contribution < 1.29 is 16.8 Å². The Morgan fingerprint density at radius 3 is 1.21 bits per heavy atom. The van der Waals surface area contributed by atoms with Crippen molar-refractivity contribution in [3.8, 4) is 0 Å². The molecule has 4 aromatic carbocycles. The molecule has 0 fully saturated rings. The second kappa shape index (κ2) is 7.04. The van der Waals surface area contributed by atoms with Crippen LogP contribution < -0.4 is 0 Å². The average Bonchev–Trinajstić information content (AvgIpc) is 2.72. The quantitative estimate of drug-likeness (QED) is 0.493. The van der Waals surface area contributed by atoms with Crippen LogP contribution in [-0.2, 0) is 19.7 Å². The van der Waals surface area contributed by atoms with Crippen molar-refractivity contribution in [3.63, 3.8) is 0 Å². The maximum atomic E-state index is 12.7. The molecule has 0 saturated carbocycles. The molecule has 0 aliphatic carbocycles. The monoisotopic (exact) mass is 410 g/mol. The summed E-state index contributed by atoms with van der Waals surface area (Å²) < 4.78 is 50.8. The molecule has 0 aliphatic heterocycles. The van der Waals surface area contributed by atoms with Gasteiger partial charge in [-0.3, -0.25) is 0 Å². The number of benzene rings is 4. The third-order valence-electron chi connectivity index (χ3n) is 4.78. The molecule has 0 spiro atoms. The molecule has 4 nitrogen and oxygen atoms in total. The van der Waals surface area contributed by atoms with E-state index >= 15 is 0 Å². The van der Waals surface area contributed by atoms with Crippen LogP contribution in [0, 0.1) is 0 Å². The molecule has 0 radical (unpaired) electrons. The summed E-state index contributed by atoms with van der Waals surface area (Å²) in [5, 5.41) is 3.48. The minimum atomic E-state index is -3.71. The zero-order valence-electron chi connectivity index (χ0n) is 14.9. The number of hydrogen-bond acceptors (Lipinski definition) is 4. The van der Waals surface area contributed by atoms with Crippen molar-refractivity contribution in [1.29, 1.82) is 0 Å². The summed E-state index contributed by atoms with van der Waals surface area (Å²) in [7, 11) is -7.43. The Morgan fingerprint density at radius 2 is 0.821 bits per heavy atom. The van der Waals surface area contributed by atoms with Crippen LogP contribution in [0.1, 0.15) is 0 Å². The SMILES string of the molecule is O=S(=O)(CCS(=O)(=O)c1ccc2ccccc2c1)c1ccc2ccccc2c1. The van der Waals surface area contributed by atoms with Crippen molar-refractivity contribution in [2.24, 2.45) is 0 Å². The molecule has 0 amide bonds. The van der Waals surface area contributed by atoms with E-state index < -0.39 is 31.2 Å². The van der Waals surface area contributed by atoms with Gasteiger partial charge in [-0.2, -0.15) is 0 Å². The zero-order chi connectivity index (χ0) is 19.8. The molecule has 0 saturated heterocycles. The van der Waals surface area contributed by atoms with Crippen LogP contribution in [0.3, 0.4) is 0 Å². The van der Waals surface area contributed by atoms with Crippen molar-refractivity contribution in [3.05, 3.63) is 84.9 Å². The van der Waals surface area contributed by atoms with E-state index in [-0.39, 0.29) is 9.79 Å². The highest BCUT2D eigenvalue weighted by atomic mass is 32.2. The standard InChI is InChI=1S/C22H18O4S2/c23-27(24,21-11-9-17-5-1-3-7-19(17)15-21)13-14-28(25,26)22-12-10-18-6-2-4-8-20(18)16-22/h1-12,15-16H,13-14H2. The lowest BCUT2D eigenvalue weighted by atomic mass is 10.1. The summed E-state index contributed by atoms with van der Waals surface area (Å²) in [5.41, 5.74) is 0. The maximum absolute atomic E-state index is 12.7. The lowest BCUT2D eigenvalue weighted by Gasteiger charge is -2.08. The Balaban J connectivity index is 1.60. The Labute approximate surface area is 164 Å². The molecule has 0 unspecified atom stereocenters. The lowest BCUT2D eigenvalue weighted by Crippen LogP contribution is -2.17. The van der Waals surface area contributed by atoms with E-state index in [2.05, 4.69) is 0 Å². The maximum Gasteiger partial charge on any atom is 0.179 e. The summed E-state index contributed by atoms with van der Waals surface area (Å²) in [6.45, 7) is 0. The summed E-state index contributed by atoms with van der Waals surface area (Å²) in [4.78, 5) is 0.278. The number of rotatable bonds is 5. The summed E-state index contributed by atoms with van der Waals surface area (Å²) >= 11 is 0. The molecule has 0 N–H and O–H groups in total. The first-order chi connectivity index (χ1) is 13.4. The van der Waals surface area contributed by atoms with E-state index in [0.29, 0.717) is 0 Å². The van der Waals surface area contributed by atoms with Crippen LogP contribution in [0.4, 0.5) is 0 Å². The second-order valence-corrected chi connectivity index (χ2v) is 10.9. The minimum absolute atomic E-state index is 0.139. The highest BCUT2D eigenvalue weighted by molar-refractivity contribution is 7.95. The number of fused-ring (bicyclic) bond motifs is 2. The fourth-order valence-corrected chi connectivity index (χ4v) is 6.57. The second-order valence-electron chi connectivity index (χ2n) is 6.66. The average molecular weight is 411 g/mol. The van der Waals surface area contributed by atoms with E-state index in [9.17, 15) is 16.8 Å². The van der Waals surface area contributed by atoms with Gasteiger partial charge in [-0.15, -0.1) is 0 Å². The van der Waals surface area contributed by atoms with Gasteiger partial charge in [0.2, 0.25) is 0 Å². The van der Waals surface area contributed by atoms with Crippen molar-refractivity contribution in [2.45, 2.75) is 9.79 Å². The van der Waals surface area contributed by atoms with Gasteiger partial charge in [0.15, 0.2) is 19.7 Å². The van der Waals surface area contributed by atoms with Crippen molar-refractivity contribution in [2.75, 3.05) is 11.5 Å². The number of hydrogen-bond donors (Lipinski definition) is 0. The van der Waals surface area contributed by atoms with Crippen LogP contribution in [0.25, 0.3) is 21.5 Å². The Bertz CT molecular complexity index is 1280. The highest BCUT2D eigenvalue weighted by Crippen LogP contribution is 2.23. The third-order valence-corrected chi connectivity index (χ3v) is 8.47. The molecule has 4 rings (SSSR count). The van der Waals surface area contributed by atoms with Crippen LogP contribution in [-0.4, -0.2) is 28.3 Å². The molecule has 0 aromatic heterocycles. The predicted octanol–water partition coefficient (Wildman–Crippen LogP) is 4.24. The van der Waals surface area contributed by atoms with Gasteiger partial charge in [0.1, 0.15) is 0 Å². The topological polar surface area (TPSA) is 68.3 Å². The third kappa shape index (κ3) is 3.66.